The van der Waals surface area contributed by atoms with Crippen LogP contribution in [0, 0.1) is 0 Å². The number of fused-ring (bicyclic) bond motifs is 1. The van der Waals surface area contributed by atoms with Gasteiger partial charge < -0.3 is 14.4 Å². The van der Waals surface area contributed by atoms with Crippen LogP contribution in [0.5, 0.6) is 5.75 Å². The summed E-state index contributed by atoms with van der Waals surface area (Å²) in [4.78, 5) is 29.9. The fourth-order valence-corrected chi connectivity index (χ4v) is 7.16. The number of hydrogen-bond acceptors (Lipinski definition) is 8. The number of tetrazole rings is 1. The molecule has 10 nitrogen and oxygen atoms in total. The summed E-state index contributed by atoms with van der Waals surface area (Å²) in [7, 11) is 0. The zero-order chi connectivity index (χ0) is 30.9. The number of carboxylic acids is 1. The highest BCUT2D eigenvalue weighted by Gasteiger charge is 2.23. The highest BCUT2D eigenvalue weighted by molar-refractivity contribution is 7.14. The van der Waals surface area contributed by atoms with Crippen LogP contribution in [-0.4, -0.2) is 47.0 Å². The maximum atomic E-state index is 12.2. The molecule has 45 heavy (non-hydrogen) atoms. The van der Waals surface area contributed by atoms with Crippen LogP contribution >= 0.6 is 11.3 Å². The Morgan fingerprint density at radius 2 is 1.80 bits per heavy atom. The number of rotatable bonds is 9. The molecular weight excluding hydrogens is 588 g/mol. The Hall–Kier alpha value is -5.16. The summed E-state index contributed by atoms with van der Waals surface area (Å²) in [5.74, 6) is 1.01. The Bertz CT molecular complexity index is 2010. The van der Waals surface area contributed by atoms with E-state index in [4.69, 9.17) is 9.72 Å². The van der Waals surface area contributed by atoms with E-state index in [0.717, 1.165) is 51.3 Å². The van der Waals surface area contributed by atoms with Crippen molar-refractivity contribution in [1.29, 1.82) is 0 Å². The third-order valence-electron chi connectivity index (χ3n) is 8.38. The molecule has 7 rings (SSSR count). The van der Waals surface area contributed by atoms with Crippen molar-refractivity contribution in [3.8, 4) is 39.0 Å². The third-order valence-corrected chi connectivity index (χ3v) is 9.33. The monoisotopic (exact) mass is 618 g/mol. The first-order chi connectivity index (χ1) is 22.0. The van der Waals surface area contributed by atoms with Crippen molar-refractivity contribution >= 4 is 34.1 Å². The Kier molecular flexibility index (Phi) is 7.68. The van der Waals surface area contributed by atoms with Crippen molar-refractivity contribution in [2.24, 2.45) is 0 Å². The first kappa shape index (κ1) is 28.6. The Morgan fingerprint density at radius 1 is 1.00 bits per heavy atom. The lowest BCUT2D eigenvalue weighted by molar-refractivity contribution is 0.0696. The minimum absolute atomic E-state index is 0.0405. The summed E-state index contributed by atoms with van der Waals surface area (Å²) in [6.07, 6.45) is 5.87. The van der Waals surface area contributed by atoms with Gasteiger partial charge in [0.15, 0.2) is 5.78 Å². The van der Waals surface area contributed by atoms with Gasteiger partial charge in [-0.1, -0.05) is 25.3 Å². The minimum Gasteiger partial charge on any atom is -0.489 e. The van der Waals surface area contributed by atoms with Gasteiger partial charge in [0, 0.05) is 27.6 Å². The van der Waals surface area contributed by atoms with Gasteiger partial charge in [0.25, 0.3) is 0 Å². The molecule has 1 fully saturated rings. The second-order valence-corrected chi connectivity index (χ2v) is 12.2. The summed E-state index contributed by atoms with van der Waals surface area (Å²) in [6.45, 7) is 1.68. The van der Waals surface area contributed by atoms with Gasteiger partial charge in [-0.2, -0.15) is 5.21 Å². The second-order valence-electron chi connectivity index (χ2n) is 11.2. The number of thiophene rings is 1. The van der Waals surface area contributed by atoms with Crippen LogP contribution in [0.25, 0.3) is 44.2 Å². The number of aromatic carboxylic acids is 1. The summed E-state index contributed by atoms with van der Waals surface area (Å²) in [5, 5.41) is 25.9. The molecule has 0 radical (unpaired) electrons. The molecule has 3 aromatic heterocycles. The topological polar surface area (TPSA) is 136 Å². The van der Waals surface area contributed by atoms with Crippen molar-refractivity contribution in [3.05, 3.63) is 88.8 Å². The summed E-state index contributed by atoms with van der Waals surface area (Å²) in [5.41, 5.74) is 6.04. The lowest BCUT2D eigenvalue weighted by atomic mass is 9.95. The van der Waals surface area contributed by atoms with Gasteiger partial charge in [0.1, 0.15) is 18.2 Å². The average Bonchev–Trinajstić information content (AvgIpc) is 3.84. The largest absolute Gasteiger partial charge is 0.489 e. The van der Waals surface area contributed by atoms with Crippen LogP contribution in [0.4, 0.5) is 0 Å². The molecule has 0 unspecified atom stereocenters. The summed E-state index contributed by atoms with van der Waals surface area (Å²) >= 11 is 1.45. The third kappa shape index (κ3) is 5.62. The molecule has 226 valence electrons. The van der Waals surface area contributed by atoms with Gasteiger partial charge >= 0.3 is 5.97 Å². The highest BCUT2D eigenvalue weighted by atomic mass is 32.1. The van der Waals surface area contributed by atoms with E-state index in [1.165, 1.54) is 37.5 Å². The van der Waals surface area contributed by atoms with E-state index in [1.807, 2.05) is 41.8 Å². The van der Waals surface area contributed by atoms with E-state index in [2.05, 4.69) is 31.3 Å². The molecule has 0 bridgehead atoms. The summed E-state index contributed by atoms with van der Waals surface area (Å²) in [6, 6.07) is 21.1. The second kappa shape index (κ2) is 12.1. The van der Waals surface area contributed by atoms with Crippen LogP contribution in [0.2, 0.25) is 0 Å². The predicted molar refractivity (Wildman–Crippen MR) is 172 cm³/mol. The molecule has 11 heteroatoms. The number of aromatic nitrogens is 6. The van der Waals surface area contributed by atoms with E-state index in [9.17, 15) is 14.7 Å². The quantitative estimate of drug-likeness (QED) is 0.158. The van der Waals surface area contributed by atoms with E-state index >= 15 is 0 Å². The SMILES string of the molecule is CC(=O)c1ccsc1-c1ccc(C(=O)O)cc1COc1ccc(-c2nc3cc(-c4nn[nH]n4)ccc3n2C2CCCCC2)cc1. The van der Waals surface area contributed by atoms with Gasteiger partial charge in [-0.15, -0.1) is 21.5 Å². The Morgan fingerprint density at radius 3 is 2.53 bits per heavy atom. The molecule has 0 aliphatic heterocycles. The van der Waals surface area contributed by atoms with Crippen LogP contribution in [0.15, 0.2) is 72.1 Å². The number of nitrogens with zero attached hydrogens (tertiary/aromatic N) is 5. The number of hydrogen-bond donors (Lipinski definition) is 2. The van der Waals surface area contributed by atoms with Crippen molar-refractivity contribution < 1.29 is 19.4 Å². The van der Waals surface area contributed by atoms with Crippen LogP contribution < -0.4 is 4.74 Å². The number of imidazole rings is 1. The van der Waals surface area contributed by atoms with Gasteiger partial charge in [-0.3, -0.25) is 4.79 Å². The molecule has 1 aliphatic rings. The maximum absolute atomic E-state index is 12.2. The number of Topliss-reactive ketones (excluding diaryl/α,β-unsaturated/α-hetero) is 1. The molecule has 1 saturated carbocycles. The van der Waals surface area contributed by atoms with Gasteiger partial charge in [0.05, 0.1) is 16.6 Å². The number of carboxylic acid groups (broad SMARTS) is 1. The number of carbonyl (C=O) groups is 2. The Balaban J connectivity index is 1.20. The molecule has 0 saturated heterocycles. The molecule has 6 aromatic rings. The minimum atomic E-state index is -1.02. The Labute approximate surface area is 262 Å². The molecule has 3 aromatic carbocycles. The molecule has 1 aliphatic carbocycles. The molecular formula is C34H30N6O4S. The van der Waals surface area contributed by atoms with Gasteiger partial charge in [0.2, 0.25) is 5.82 Å². The maximum Gasteiger partial charge on any atom is 0.335 e. The average molecular weight is 619 g/mol. The molecule has 3 heterocycles. The standard InChI is InChI=1S/C34H30N6O4S/c1-20(41)27-15-16-45-31(27)28-13-9-23(34(42)43)17-24(28)19-44-26-11-7-21(8-12-26)33-35-29-18-22(32-36-38-39-37-32)10-14-30(29)40(33)25-5-3-2-4-6-25/h7-18,25H,2-6,19H2,1H3,(H,42,43)(H,36,37,38,39). The van der Waals surface area contributed by atoms with Crippen LogP contribution in [0.1, 0.15) is 71.3 Å². The molecule has 0 spiro atoms. The number of H-pyrrole nitrogens is 1. The molecule has 0 amide bonds. The number of ketones is 1. The predicted octanol–water partition coefficient (Wildman–Crippen LogP) is 7.60. The van der Waals surface area contributed by atoms with Crippen molar-refractivity contribution in [2.45, 2.75) is 51.7 Å². The lowest BCUT2D eigenvalue weighted by Gasteiger charge is -2.25. The number of aromatic amines is 1. The van der Waals surface area contributed by atoms with Crippen molar-refractivity contribution in [3.63, 3.8) is 0 Å². The lowest BCUT2D eigenvalue weighted by Crippen LogP contribution is -2.14. The summed E-state index contributed by atoms with van der Waals surface area (Å²) < 4.78 is 8.57. The molecule has 2 N–H and O–H groups in total. The van der Waals surface area contributed by atoms with Crippen molar-refractivity contribution in [1.82, 2.24) is 30.2 Å². The number of carbonyl (C=O) groups excluding carboxylic acids is 1. The van der Waals surface area contributed by atoms with E-state index in [-0.39, 0.29) is 18.0 Å². The highest BCUT2D eigenvalue weighted by Crippen LogP contribution is 2.38. The normalized spacial score (nSPS) is 13.7. The smallest absolute Gasteiger partial charge is 0.335 e. The van der Waals surface area contributed by atoms with E-state index in [1.54, 1.807) is 24.3 Å². The first-order valence-corrected chi connectivity index (χ1v) is 15.8. The number of benzene rings is 3. The zero-order valence-corrected chi connectivity index (χ0v) is 25.4. The van der Waals surface area contributed by atoms with E-state index in [0.29, 0.717) is 28.7 Å². The van der Waals surface area contributed by atoms with Crippen LogP contribution in [0.3, 0.4) is 0 Å². The fraction of sp³-hybridized carbons (Fsp3) is 0.235. The van der Waals surface area contributed by atoms with Gasteiger partial charge in [-0.05, 0) is 102 Å². The molecule has 0 atom stereocenters. The van der Waals surface area contributed by atoms with Gasteiger partial charge in [-0.25, -0.2) is 9.78 Å². The van der Waals surface area contributed by atoms with Crippen LogP contribution in [-0.2, 0) is 6.61 Å². The number of ether oxygens (including phenoxy) is 1. The zero-order valence-electron chi connectivity index (χ0n) is 24.6. The number of nitrogens with one attached hydrogen (secondary N) is 1. The first-order valence-electron chi connectivity index (χ1n) is 14.9. The fourth-order valence-electron chi connectivity index (χ4n) is 6.16. The van der Waals surface area contributed by atoms with E-state index < -0.39 is 5.97 Å². The van der Waals surface area contributed by atoms with Crippen molar-refractivity contribution in [2.75, 3.05) is 0 Å².